The molecule has 0 aromatic carbocycles. The first-order chi connectivity index (χ1) is 12.3. The highest BCUT2D eigenvalue weighted by Crippen LogP contribution is 2.26. The van der Waals surface area contributed by atoms with Crippen LogP contribution in [0.15, 0.2) is 12.5 Å². The lowest BCUT2D eigenvalue weighted by atomic mass is 9.87. The van der Waals surface area contributed by atoms with Gasteiger partial charge in [0.05, 0.1) is 18.1 Å². The number of hydrogen-bond donors (Lipinski definition) is 2. The van der Waals surface area contributed by atoms with Gasteiger partial charge in [0.2, 0.25) is 5.91 Å². The van der Waals surface area contributed by atoms with Crippen LogP contribution in [0.25, 0.3) is 11.0 Å². The first-order valence-corrected chi connectivity index (χ1v) is 9.45. The summed E-state index contributed by atoms with van der Waals surface area (Å²) in [5.41, 5.74) is 0.801. The molecule has 0 atom stereocenters. The SMILES string of the molecule is CCCNc1ncnc2c1cnn2CCNC(=O)CC1CCCCC1. The van der Waals surface area contributed by atoms with E-state index in [1.54, 1.807) is 12.5 Å². The first-order valence-electron chi connectivity index (χ1n) is 9.45. The molecule has 0 spiro atoms. The average Bonchev–Trinajstić information content (AvgIpc) is 3.04. The van der Waals surface area contributed by atoms with Crippen molar-refractivity contribution in [2.75, 3.05) is 18.4 Å². The lowest BCUT2D eigenvalue weighted by Crippen LogP contribution is -2.29. The Hall–Kier alpha value is -2.18. The number of hydrogen-bond acceptors (Lipinski definition) is 5. The van der Waals surface area contributed by atoms with E-state index in [1.165, 1.54) is 32.1 Å². The van der Waals surface area contributed by atoms with E-state index in [-0.39, 0.29) is 5.91 Å². The summed E-state index contributed by atoms with van der Waals surface area (Å²) in [5, 5.41) is 11.6. The molecule has 3 rings (SSSR count). The molecule has 0 unspecified atom stereocenters. The fraction of sp³-hybridized carbons (Fsp3) is 0.667. The average molecular weight is 344 g/mol. The van der Waals surface area contributed by atoms with Crippen molar-refractivity contribution >= 4 is 22.8 Å². The van der Waals surface area contributed by atoms with Crippen molar-refractivity contribution in [3.63, 3.8) is 0 Å². The van der Waals surface area contributed by atoms with Crippen LogP contribution < -0.4 is 10.6 Å². The molecule has 0 saturated heterocycles. The van der Waals surface area contributed by atoms with Gasteiger partial charge in [0.25, 0.3) is 0 Å². The maximum absolute atomic E-state index is 12.1. The van der Waals surface area contributed by atoms with E-state index in [0.29, 0.717) is 25.4 Å². The molecule has 2 aromatic heterocycles. The van der Waals surface area contributed by atoms with Crippen molar-refractivity contribution in [2.45, 2.75) is 58.4 Å². The largest absolute Gasteiger partial charge is 0.369 e. The second kappa shape index (κ2) is 8.78. The summed E-state index contributed by atoms with van der Waals surface area (Å²) in [7, 11) is 0. The molecule has 1 aliphatic carbocycles. The number of nitrogens with zero attached hydrogens (tertiary/aromatic N) is 4. The van der Waals surface area contributed by atoms with Crippen LogP contribution in [0.2, 0.25) is 0 Å². The summed E-state index contributed by atoms with van der Waals surface area (Å²) in [6.07, 6.45) is 11.3. The molecule has 1 saturated carbocycles. The Morgan fingerprint density at radius 1 is 1.24 bits per heavy atom. The first kappa shape index (κ1) is 17.6. The van der Waals surface area contributed by atoms with Crippen molar-refractivity contribution in [1.29, 1.82) is 0 Å². The zero-order valence-corrected chi connectivity index (χ0v) is 15.0. The monoisotopic (exact) mass is 344 g/mol. The van der Waals surface area contributed by atoms with Gasteiger partial charge in [-0.3, -0.25) is 4.79 Å². The number of rotatable bonds is 8. The van der Waals surface area contributed by atoms with E-state index < -0.39 is 0 Å². The van der Waals surface area contributed by atoms with Gasteiger partial charge in [0, 0.05) is 19.5 Å². The molecule has 1 fully saturated rings. The number of aromatic nitrogens is 4. The van der Waals surface area contributed by atoms with Gasteiger partial charge in [0.1, 0.15) is 12.1 Å². The van der Waals surface area contributed by atoms with Crippen LogP contribution in [0.4, 0.5) is 5.82 Å². The number of carbonyl (C=O) groups excluding carboxylic acids is 1. The van der Waals surface area contributed by atoms with Crippen molar-refractivity contribution < 1.29 is 4.79 Å². The summed E-state index contributed by atoms with van der Waals surface area (Å²) in [5.74, 6) is 1.54. The van der Waals surface area contributed by atoms with Gasteiger partial charge in [-0.25, -0.2) is 14.6 Å². The molecule has 2 N–H and O–H groups in total. The lowest BCUT2D eigenvalue weighted by Gasteiger charge is -2.20. The predicted octanol–water partition coefficient (Wildman–Crippen LogP) is 2.73. The Labute approximate surface area is 148 Å². The minimum atomic E-state index is 0.156. The van der Waals surface area contributed by atoms with E-state index >= 15 is 0 Å². The van der Waals surface area contributed by atoms with E-state index in [1.807, 2.05) is 4.68 Å². The van der Waals surface area contributed by atoms with Gasteiger partial charge in [-0.1, -0.05) is 26.2 Å². The number of nitrogens with one attached hydrogen (secondary N) is 2. The molecule has 2 aromatic rings. The van der Waals surface area contributed by atoms with E-state index in [4.69, 9.17) is 0 Å². The summed E-state index contributed by atoms with van der Waals surface area (Å²) < 4.78 is 1.83. The maximum atomic E-state index is 12.1. The zero-order valence-electron chi connectivity index (χ0n) is 15.0. The molecule has 0 aliphatic heterocycles. The summed E-state index contributed by atoms with van der Waals surface area (Å²) in [4.78, 5) is 20.7. The molecule has 2 heterocycles. The minimum absolute atomic E-state index is 0.156. The van der Waals surface area contributed by atoms with E-state index in [0.717, 1.165) is 29.8 Å². The van der Waals surface area contributed by atoms with Crippen LogP contribution >= 0.6 is 0 Å². The standard InChI is InChI=1S/C18H28N6O/c1-2-8-20-17-15-12-23-24(18(15)22-13-21-17)10-9-19-16(25)11-14-6-4-3-5-7-14/h12-14H,2-11H2,1H3,(H,19,25)(H,20,21,22). The summed E-state index contributed by atoms with van der Waals surface area (Å²) in [6, 6.07) is 0. The molecule has 0 radical (unpaired) electrons. The van der Waals surface area contributed by atoms with Gasteiger partial charge >= 0.3 is 0 Å². The van der Waals surface area contributed by atoms with Crippen LogP contribution in [0.1, 0.15) is 51.9 Å². The van der Waals surface area contributed by atoms with E-state index in [9.17, 15) is 4.79 Å². The third-order valence-electron chi connectivity index (χ3n) is 4.82. The maximum Gasteiger partial charge on any atom is 0.220 e. The third kappa shape index (κ3) is 4.67. The van der Waals surface area contributed by atoms with Gasteiger partial charge in [0.15, 0.2) is 5.65 Å². The molecule has 0 bridgehead atoms. The second-order valence-corrected chi connectivity index (χ2v) is 6.81. The fourth-order valence-corrected chi connectivity index (χ4v) is 3.47. The molecular weight excluding hydrogens is 316 g/mol. The van der Waals surface area contributed by atoms with E-state index in [2.05, 4.69) is 32.6 Å². The minimum Gasteiger partial charge on any atom is -0.369 e. The van der Waals surface area contributed by atoms with Crippen LogP contribution in [0, 0.1) is 5.92 Å². The van der Waals surface area contributed by atoms with Crippen molar-refractivity contribution in [2.24, 2.45) is 5.92 Å². The molecule has 7 heteroatoms. The Bertz CT molecular complexity index is 692. The molecule has 7 nitrogen and oxygen atoms in total. The highest BCUT2D eigenvalue weighted by atomic mass is 16.1. The van der Waals surface area contributed by atoms with Crippen molar-refractivity contribution in [3.8, 4) is 0 Å². The predicted molar refractivity (Wildman–Crippen MR) is 98.3 cm³/mol. The topological polar surface area (TPSA) is 84.7 Å². The zero-order chi connectivity index (χ0) is 17.5. The lowest BCUT2D eigenvalue weighted by molar-refractivity contribution is -0.122. The Morgan fingerprint density at radius 2 is 2.08 bits per heavy atom. The second-order valence-electron chi connectivity index (χ2n) is 6.81. The van der Waals surface area contributed by atoms with Gasteiger partial charge in [-0.2, -0.15) is 5.10 Å². The number of carbonyl (C=O) groups is 1. The summed E-state index contributed by atoms with van der Waals surface area (Å²) in [6.45, 7) is 4.17. The van der Waals surface area contributed by atoms with Crippen LogP contribution in [-0.4, -0.2) is 38.7 Å². The van der Waals surface area contributed by atoms with Gasteiger partial charge < -0.3 is 10.6 Å². The Kier molecular flexibility index (Phi) is 6.19. The van der Waals surface area contributed by atoms with Crippen LogP contribution in [-0.2, 0) is 11.3 Å². The van der Waals surface area contributed by atoms with Gasteiger partial charge in [-0.15, -0.1) is 0 Å². The fourth-order valence-electron chi connectivity index (χ4n) is 3.47. The number of anilines is 1. The smallest absolute Gasteiger partial charge is 0.220 e. The molecule has 136 valence electrons. The van der Waals surface area contributed by atoms with Crippen molar-refractivity contribution in [1.82, 2.24) is 25.1 Å². The molecule has 1 amide bonds. The van der Waals surface area contributed by atoms with Crippen molar-refractivity contribution in [3.05, 3.63) is 12.5 Å². The Balaban J connectivity index is 1.52. The number of fused-ring (bicyclic) bond motifs is 1. The van der Waals surface area contributed by atoms with Crippen LogP contribution in [0.3, 0.4) is 0 Å². The quantitative estimate of drug-likeness (QED) is 0.769. The van der Waals surface area contributed by atoms with Crippen LogP contribution in [0.5, 0.6) is 0 Å². The highest BCUT2D eigenvalue weighted by molar-refractivity contribution is 5.86. The Morgan fingerprint density at radius 3 is 2.88 bits per heavy atom. The molecule has 1 aliphatic rings. The van der Waals surface area contributed by atoms with Gasteiger partial charge in [-0.05, 0) is 25.2 Å². The number of amides is 1. The normalized spacial score (nSPS) is 15.4. The highest BCUT2D eigenvalue weighted by Gasteiger charge is 2.17. The molecular formula is C18H28N6O. The third-order valence-corrected chi connectivity index (χ3v) is 4.82. The molecule has 25 heavy (non-hydrogen) atoms. The summed E-state index contributed by atoms with van der Waals surface area (Å²) >= 11 is 0.